The van der Waals surface area contributed by atoms with Crippen LogP contribution in [0.25, 0.3) is 88.4 Å². The highest BCUT2D eigenvalue weighted by Gasteiger charge is 2.41. The van der Waals surface area contributed by atoms with Gasteiger partial charge in [0.15, 0.2) is 8.07 Å². The molecular formula is C66H46N2Si. The number of nitrogens with zero attached hydrogens (tertiary/aromatic N) is 2. The van der Waals surface area contributed by atoms with Crippen molar-refractivity contribution in [3.63, 3.8) is 0 Å². The van der Waals surface area contributed by atoms with Crippen molar-refractivity contribution in [3.8, 4) is 44.8 Å². The van der Waals surface area contributed by atoms with Crippen LogP contribution in [0.3, 0.4) is 0 Å². The molecule has 13 aromatic rings. The predicted octanol–water partition coefficient (Wildman–Crippen LogP) is 14.3. The Labute approximate surface area is 424 Å². The molecule has 0 atom stereocenters. The Balaban J connectivity index is 1.16. The first-order valence-electron chi connectivity index (χ1n) is 30.1. The molecule has 0 fully saturated rings. The maximum absolute atomic E-state index is 9.47. The van der Waals surface area contributed by atoms with Crippen molar-refractivity contribution in [2.75, 3.05) is 0 Å². The van der Waals surface area contributed by atoms with Crippen LogP contribution in [0.1, 0.15) is 20.6 Å². The molecule has 0 unspecified atom stereocenters. The van der Waals surface area contributed by atoms with E-state index in [2.05, 4.69) is 114 Å². The average Bonchev–Trinajstić information content (AvgIpc) is 3.48. The van der Waals surface area contributed by atoms with E-state index in [9.17, 15) is 5.48 Å². The van der Waals surface area contributed by atoms with Crippen molar-refractivity contribution in [1.29, 1.82) is 0 Å². The summed E-state index contributed by atoms with van der Waals surface area (Å²) in [6.45, 7) is 0. The Morgan fingerprint density at radius 3 is 1.26 bits per heavy atom. The highest BCUT2D eigenvalue weighted by Crippen LogP contribution is 2.44. The van der Waals surface area contributed by atoms with E-state index >= 15 is 0 Å². The first kappa shape index (κ1) is 27.8. The smallest absolute Gasteiger partial charge is 0.179 e. The third-order valence-corrected chi connectivity index (χ3v) is 18.1. The van der Waals surface area contributed by atoms with Gasteiger partial charge in [-0.05, 0) is 91.5 Å². The van der Waals surface area contributed by atoms with Gasteiger partial charge in [-0.2, -0.15) is 0 Å². The fourth-order valence-electron chi connectivity index (χ4n) is 10.5. The molecule has 0 spiro atoms. The average molecular weight is 910 g/mol. The van der Waals surface area contributed by atoms with Crippen molar-refractivity contribution in [2.24, 2.45) is 0 Å². The molecule has 0 bridgehead atoms. The molecule has 0 aliphatic rings. The fraction of sp³-hybridized carbons (Fsp3) is 0. The van der Waals surface area contributed by atoms with Crippen LogP contribution in [-0.2, 0) is 0 Å². The van der Waals surface area contributed by atoms with Crippen LogP contribution in [0.4, 0.5) is 0 Å². The maximum Gasteiger partial charge on any atom is 0.179 e. The van der Waals surface area contributed by atoms with Gasteiger partial charge in [0.2, 0.25) is 0 Å². The van der Waals surface area contributed by atoms with E-state index < -0.39 is 98.7 Å². The number of fused-ring (bicyclic) bond motifs is 6. The molecule has 2 heterocycles. The van der Waals surface area contributed by atoms with Gasteiger partial charge in [-0.1, -0.05) is 230 Å². The van der Waals surface area contributed by atoms with Crippen LogP contribution in [0, 0.1) is 0 Å². The topological polar surface area (TPSA) is 9.86 Å². The van der Waals surface area contributed by atoms with E-state index in [0.717, 1.165) is 32.7 Å². The molecule has 0 N–H and O–H groups in total. The van der Waals surface area contributed by atoms with Gasteiger partial charge in [0.1, 0.15) is 0 Å². The summed E-state index contributed by atoms with van der Waals surface area (Å²) in [4.78, 5) is 0. The summed E-state index contributed by atoms with van der Waals surface area (Å²) in [5, 5.41) is 8.25. The second-order valence-corrected chi connectivity index (χ2v) is 20.7. The Bertz CT molecular complexity index is 4640. The van der Waals surface area contributed by atoms with Crippen molar-refractivity contribution < 1.29 is 20.6 Å². The molecule has 3 heteroatoms. The summed E-state index contributed by atoms with van der Waals surface area (Å²) in [7, 11) is -3.03. The maximum atomic E-state index is 9.47. The van der Waals surface area contributed by atoms with E-state index in [0.29, 0.717) is 21.8 Å². The van der Waals surface area contributed by atoms with Crippen LogP contribution in [0.5, 0.6) is 0 Å². The molecular weight excluding hydrogens is 849 g/mol. The van der Waals surface area contributed by atoms with E-state index in [1.807, 2.05) is 66.7 Å². The van der Waals surface area contributed by atoms with Gasteiger partial charge < -0.3 is 9.13 Å². The van der Waals surface area contributed by atoms with Crippen LogP contribution in [-0.4, -0.2) is 17.2 Å². The van der Waals surface area contributed by atoms with Crippen molar-refractivity contribution in [1.82, 2.24) is 9.13 Å². The third kappa shape index (κ3) is 6.62. The van der Waals surface area contributed by atoms with E-state index in [-0.39, 0.29) is 39.1 Å². The van der Waals surface area contributed by atoms with Crippen LogP contribution >= 0.6 is 0 Å². The van der Waals surface area contributed by atoms with Crippen LogP contribution < -0.4 is 20.7 Å². The van der Waals surface area contributed by atoms with Crippen molar-refractivity contribution in [3.05, 3.63) is 279 Å². The van der Waals surface area contributed by atoms with Gasteiger partial charge in [-0.25, -0.2) is 0 Å². The largest absolute Gasteiger partial charge is 0.309 e. The van der Waals surface area contributed by atoms with Crippen molar-refractivity contribution >= 4 is 72.4 Å². The highest BCUT2D eigenvalue weighted by atomic mass is 28.3. The minimum Gasteiger partial charge on any atom is -0.309 e. The summed E-state index contributed by atoms with van der Waals surface area (Å²) in [5.41, 5.74) is 2.41. The van der Waals surface area contributed by atoms with E-state index in [1.165, 1.54) is 27.7 Å². The minimum absolute atomic E-state index is 0.0349. The second-order valence-electron chi connectivity index (χ2n) is 16.9. The number of aromatic nitrogens is 2. The number of hydrogen-bond donors (Lipinski definition) is 0. The first-order chi connectivity index (χ1) is 40.5. The lowest BCUT2D eigenvalue weighted by Gasteiger charge is -2.34. The van der Waals surface area contributed by atoms with Gasteiger partial charge in [-0.3, -0.25) is 0 Å². The predicted molar refractivity (Wildman–Crippen MR) is 295 cm³/mol. The minimum atomic E-state index is -3.03. The van der Waals surface area contributed by atoms with Gasteiger partial charge in [0.25, 0.3) is 0 Å². The Morgan fingerprint density at radius 1 is 0.290 bits per heavy atom. The molecule has 0 amide bonds. The summed E-state index contributed by atoms with van der Waals surface area (Å²) >= 11 is 0. The zero-order valence-electron chi connectivity index (χ0n) is 51.8. The number of para-hydroxylation sites is 2. The molecule has 11 aromatic carbocycles. The quantitative estimate of drug-likeness (QED) is 0.101. The van der Waals surface area contributed by atoms with Crippen LogP contribution in [0.15, 0.2) is 279 Å². The molecule has 0 aliphatic heterocycles. The molecule has 2 aromatic heterocycles. The molecule has 0 aliphatic carbocycles. The van der Waals surface area contributed by atoms with Gasteiger partial charge in [-0.15, -0.1) is 0 Å². The number of benzene rings is 11. The Hall–Kier alpha value is -8.76. The van der Waals surface area contributed by atoms with Crippen molar-refractivity contribution in [2.45, 2.75) is 0 Å². The Kier molecular flexibility index (Phi) is 6.78. The molecule has 0 saturated heterocycles. The lowest BCUT2D eigenvalue weighted by atomic mass is 9.90. The van der Waals surface area contributed by atoms with E-state index in [1.54, 1.807) is 4.57 Å². The second kappa shape index (κ2) is 16.8. The van der Waals surface area contributed by atoms with Gasteiger partial charge >= 0.3 is 0 Å². The lowest BCUT2D eigenvalue weighted by molar-refractivity contribution is 1.17. The molecule has 0 saturated carbocycles. The standard InChI is InChI=1S/C66H46N2Si/c1-7-23-47(24-8-1)50-43-59(48-25-9-2-10-26-48)66(60(44-50)49-27-11-3-12-28-49)68-63-38-22-20-36-57(63)61-45-51(39-42-64(61)68)67-62-37-21-19-35-56(62)58-41-40-55(46-65(58)67)69(52-29-13-4-14-30-52,53-31-15-5-16-32-53)54-33-17-6-18-34-54/h1-46H/i1D,2D,3D,7D,8D,9D,10D,11D,12D,23D,24D,25D,26D,27D,28D. The lowest BCUT2D eigenvalue weighted by Crippen LogP contribution is -2.74. The molecule has 0 radical (unpaired) electrons. The SMILES string of the molecule is [2H]c1c([2H])c([2H])c(-c2cc(-c3c([2H])c([2H])c([2H])c([2H])c3[2H])c(-n3c4ccccc4c4cc(-n5c6ccccc6c6ccc([Si](c7ccccc7)(c7ccccc7)c7ccccc7)cc65)ccc43)c(-c3c([2H])c([2H])c([2H])c([2H])c3[2H])c2)c([2H])c1[2H]. The first-order valence-corrected chi connectivity index (χ1v) is 24.6. The summed E-state index contributed by atoms with van der Waals surface area (Å²) < 4.78 is 139. The van der Waals surface area contributed by atoms with Crippen LogP contribution in [0.2, 0.25) is 0 Å². The molecule has 2 nitrogen and oxygen atoms in total. The Morgan fingerprint density at radius 2 is 0.725 bits per heavy atom. The van der Waals surface area contributed by atoms with Gasteiger partial charge in [0, 0.05) is 38.4 Å². The fourth-order valence-corrected chi connectivity index (χ4v) is 15.2. The van der Waals surface area contributed by atoms with Gasteiger partial charge in [0.05, 0.1) is 48.3 Å². The molecule has 69 heavy (non-hydrogen) atoms. The number of rotatable bonds is 9. The van der Waals surface area contributed by atoms with E-state index in [4.69, 9.17) is 15.1 Å². The molecule has 13 rings (SSSR count). The normalized spacial score (nSPS) is 14.8. The third-order valence-electron chi connectivity index (χ3n) is 13.3. The summed E-state index contributed by atoms with van der Waals surface area (Å²) in [5.74, 6) is 0. The highest BCUT2D eigenvalue weighted by molar-refractivity contribution is 7.20. The zero-order valence-corrected chi connectivity index (χ0v) is 37.8. The summed E-state index contributed by atoms with van der Waals surface area (Å²) in [6.07, 6.45) is 0. The molecule has 324 valence electrons. The monoisotopic (exact) mass is 909 g/mol. The number of hydrogen-bond acceptors (Lipinski definition) is 0. The zero-order chi connectivity index (χ0) is 58.8. The summed E-state index contributed by atoms with van der Waals surface area (Å²) in [6, 6.07) is 53.4.